The van der Waals surface area contributed by atoms with Crippen LogP contribution in [0.15, 0.2) is 12.8 Å². The van der Waals surface area contributed by atoms with Gasteiger partial charge in [0.1, 0.15) is 6.61 Å². The van der Waals surface area contributed by atoms with Crippen LogP contribution in [-0.4, -0.2) is 18.7 Å². The van der Waals surface area contributed by atoms with Crippen LogP contribution in [0.3, 0.4) is 0 Å². The predicted octanol–water partition coefficient (Wildman–Crippen LogP) is 2.27. The number of carbonyl (C=O) groups excluding carboxylic acids is 1. The molecule has 1 aliphatic rings. The zero-order valence-electron chi connectivity index (χ0n) is 8.70. The first-order chi connectivity index (χ1) is 6.72. The maximum Gasteiger partial charge on any atom is 0.336 e. The molecule has 1 rings (SSSR count). The van der Waals surface area contributed by atoms with E-state index in [4.69, 9.17) is 4.74 Å². The minimum atomic E-state index is -0.362. The standard InChI is InChI=1S/C11H18O3/c1-3-13-11(12)8-14-10-6-4-9(2)5-7-10/h3,9-10H,1,4-8H2,2H3. The summed E-state index contributed by atoms with van der Waals surface area (Å²) >= 11 is 0. The fourth-order valence-corrected chi connectivity index (χ4v) is 1.71. The first-order valence-electron chi connectivity index (χ1n) is 5.14. The molecule has 0 saturated heterocycles. The first kappa shape index (κ1) is 11.2. The smallest absolute Gasteiger partial charge is 0.336 e. The van der Waals surface area contributed by atoms with E-state index in [-0.39, 0.29) is 18.7 Å². The van der Waals surface area contributed by atoms with Crippen LogP contribution in [0.25, 0.3) is 0 Å². The number of ether oxygens (including phenoxy) is 2. The van der Waals surface area contributed by atoms with Gasteiger partial charge in [-0.05, 0) is 31.6 Å². The summed E-state index contributed by atoms with van der Waals surface area (Å²) in [5.74, 6) is 0.439. The third-order valence-corrected chi connectivity index (χ3v) is 2.61. The van der Waals surface area contributed by atoms with Crippen molar-refractivity contribution in [2.75, 3.05) is 6.61 Å². The molecule has 0 aromatic carbocycles. The van der Waals surface area contributed by atoms with E-state index in [2.05, 4.69) is 18.2 Å². The molecule has 1 fully saturated rings. The average molecular weight is 198 g/mol. The highest BCUT2D eigenvalue weighted by atomic mass is 16.6. The van der Waals surface area contributed by atoms with Crippen molar-refractivity contribution in [1.82, 2.24) is 0 Å². The maximum atomic E-state index is 10.9. The van der Waals surface area contributed by atoms with Crippen LogP contribution in [0.4, 0.5) is 0 Å². The molecule has 0 spiro atoms. The van der Waals surface area contributed by atoms with Gasteiger partial charge in [0, 0.05) is 0 Å². The Morgan fingerprint density at radius 3 is 2.64 bits per heavy atom. The van der Waals surface area contributed by atoms with Crippen LogP contribution < -0.4 is 0 Å². The first-order valence-corrected chi connectivity index (χ1v) is 5.14. The molecule has 0 unspecified atom stereocenters. The van der Waals surface area contributed by atoms with E-state index < -0.39 is 0 Å². The van der Waals surface area contributed by atoms with Crippen molar-refractivity contribution in [2.45, 2.75) is 38.7 Å². The van der Waals surface area contributed by atoms with Crippen molar-refractivity contribution >= 4 is 5.97 Å². The SMILES string of the molecule is C=COC(=O)COC1CCC(C)CC1. The van der Waals surface area contributed by atoms with Gasteiger partial charge in [-0.25, -0.2) is 4.79 Å². The third-order valence-electron chi connectivity index (χ3n) is 2.61. The molecule has 1 aliphatic carbocycles. The van der Waals surface area contributed by atoms with Crippen LogP contribution in [0.2, 0.25) is 0 Å². The van der Waals surface area contributed by atoms with Crippen molar-refractivity contribution in [2.24, 2.45) is 5.92 Å². The van der Waals surface area contributed by atoms with Crippen molar-refractivity contribution in [3.63, 3.8) is 0 Å². The highest BCUT2D eigenvalue weighted by molar-refractivity contribution is 5.71. The summed E-state index contributed by atoms with van der Waals surface area (Å²) in [6.07, 6.45) is 5.88. The Morgan fingerprint density at radius 1 is 1.43 bits per heavy atom. The van der Waals surface area contributed by atoms with Gasteiger partial charge in [0.2, 0.25) is 0 Å². The lowest BCUT2D eigenvalue weighted by atomic mass is 9.89. The molecule has 0 aromatic heterocycles. The van der Waals surface area contributed by atoms with Crippen molar-refractivity contribution < 1.29 is 14.3 Å². The lowest BCUT2D eigenvalue weighted by molar-refractivity contribution is -0.146. The molecule has 0 heterocycles. The normalized spacial score (nSPS) is 26.9. The summed E-state index contributed by atoms with van der Waals surface area (Å²) < 4.78 is 9.98. The van der Waals surface area contributed by atoms with E-state index >= 15 is 0 Å². The maximum absolute atomic E-state index is 10.9. The molecule has 0 amide bonds. The highest BCUT2D eigenvalue weighted by Gasteiger charge is 2.19. The van der Waals surface area contributed by atoms with Crippen LogP contribution in [-0.2, 0) is 14.3 Å². The number of hydrogen-bond acceptors (Lipinski definition) is 3. The Hall–Kier alpha value is -0.830. The van der Waals surface area contributed by atoms with Gasteiger partial charge in [-0.2, -0.15) is 0 Å². The molecule has 14 heavy (non-hydrogen) atoms. The molecular formula is C11H18O3. The Bertz CT molecular complexity index is 193. The molecule has 0 radical (unpaired) electrons. The summed E-state index contributed by atoms with van der Waals surface area (Å²) in [4.78, 5) is 10.9. The topological polar surface area (TPSA) is 35.5 Å². The molecule has 0 aliphatic heterocycles. The van der Waals surface area contributed by atoms with Crippen molar-refractivity contribution in [3.05, 3.63) is 12.8 Å². The number of rotatable bonds is 4. The lowest BCUT2D eigenvalue weighted by Crippen LogP contribution is -2.23. The quantitative estimate of drug-likeness (QED) is 0.513. The van der Waals surface area contributed by atoms with Gasteiger partial charge in [0.05, 0.1) is 12.4 Å². The molecule has 0 atom stereocenters. The zero-order valence-corrected chi connectivity index (χ0v) is 8.70. The van der Waals surface area contributed by atoms with Gasteiger partial charge >= 0.3 is 5.97 Å². The van der Waals surface area contributed by atoms with Gasteiger partial charge < -0.3 is 9.47 Å². The van der Waals surface area contributed by atoms with E-state index in [9.17, 15) is 4.79 Å². The zero-order chi connectivity index (χ0) is 10.4. The largest absolute Gasteiger partial charge is 0.433 e. The van der Waals surface area contributed by atoms with Crippen LogP contribution in [0, 0.1) is 5.92 Å². The Balaban J connectivity index is 2.12. The summed E-state index contributed by atoms with van der Waals surface area (Å²) in [6, 6.07) is 0. The van der Waals surface area contributed by atoms with Crippen LogP contribution >= 0.6 is 0 Å². The second-order valence-corrected chi connectivity index (χ2v) is 3.85. The second kappa shape index (κ2) is 5.81. The average Bonchev–Trinajstić information content (AvgIpc) is 2.17. The van der Waals surface area contributed by atoms with E-state index in [1.54, 1.807) is 0 Å². The number of esters is 1. The molecule has 0 aromatic rings. The minimum Gasteiger partial charge on any atom is -0.433 e. The lowest BCUT2D eigenvalue weighted by Gasteiger charge is -2.25. The van der Waals surface area contributed by atoms with E-state index in [1.807, 2.05) is 0 Å². The van der Waals surface area contributed by atoms with Gasteiger partial charge in [-0.3, -0.25) is 0 Å². The van der Waals surface area contributed by atoms with Crippen LogP contribution in [0.5, 0.6) is 0 Å². The molecule has 1 saturated carbocycles. The van der Waals surface area contributed by atoms with Crippen LogP contribution in [0.1, 0.15) is 32.6 Å². The molecule has 3 heteroatoms. The minimum absolute atomic E-state index is 0.0467. The molecule has 80 valence electrons. The summed E-state index contributed by atoms with van der Waals surface area (Å²) in [5.41, 5.74) is 0. The molecule has 3 nitrogen and oxygen atoms in total. The van der Waals surface area contributed by atoms with Crippen molar-refractivity contribution in [3.8, 4) is 0 Å². The molecule has 0 bridgehead atoms. The fourth-order valence-electron chi connectivity index (χ4n) is 1.71. The van der Waals surface area contributed by atoms with Gasteiger partial charge in [-0.15, -0.1) is 0 Å². The molecular weight excluding hydrogens is 180 g/mol. The van der Waals surface area contributed by atoms with Crippen molar-refractivity contribution in [1.29, 1.82) is 0 Å². The molecule has 0 N–H and O–H groups in total. The van der Waals surface area contributed by atoms with Gasteiger partial charge in [-0.1, -0.05) is 13.5 Å². The Labute approximate surface area is 85.1 Å². The fraction of sp³-hybridized carbons (Fsp3) is 0.727. The Morgan fingerprint density at radius 2 is 2.07 bits per heavy atom. The van der Waals surface area contributed by atoms with Gasteiger partial charge in [0.25, 0.3) is 0 Å². The summed E-state index contributed by atoms with van der Waals surface area (Å²) in [7, 11) is 0. The van der Waals surface area contributed by atoms with E-state index in [0.29, 0.717) is 0 Å². The van der Waals surface area contributed by atoms with E-state index in [1.165, 1.54) is 12.8 Å². The monoisotopic (exact) mass is 198 g/mol. The Kier molecular flexibility index (Phi) is 4.66. The number of hydrogen-bond donors (Lipinski definition) is 0. The van der Waals surface area contributed by atoms with Gasteiger partial charge in [0.15, 0.2) is 0 Å². The van der Waals surface area contributed by atoms with E-state index in [0.717, 1.165) is 25.0 Å². The second-order valence-electron chi connectivity index (χ2n) is 3.85. The predicted molar refractivity (Wildman–Crippen MR) is 53.7 cm³/mol. The highest BCUT2D eigenvalue weighted by Crippen LogP contribution is 2.25. The number of carbonyl (C=O) groups is 1. The summed E-state index contributed by atoms with van der Waals surface area (Å²) in [6.45, 7) is 5.61. The summed E-state index contributed by atoms with van der Waals surface area (Å²) in [5, 5.41) is 0. The third kappa shape index (κ3) is 3.92.